The van der Waals surface area contributed by atoms with Gasteiger partial charge in [-0.3, -0.25) is 9.32 Å². The standard InChI is InChI=1S/C7H16NO4P/c1-6(2)4-5-11-13(8,10)12-7(3)9/h6H,4-5H2,1-3H3,(H2,8,10). The fourth-order valence-electron chi connectivity index (χ4n) is 0.621. The van der Waals surface area contributed by atoms with Gasteiger partial charge in [0.1, 0.15) is 0 Å². The Kier molecular flexibility index (Phi) is 5.21. The lowest BCUT2D eigenvalue weighted by Gasteiger charge is -2.12. The van der Waals surface area contributed by atoms with Crippen molar-refractivity contribution >= 4 is 13.7 Å². The molecule has 0 spiro atoms. The molecule has 0 radical (unpaired) electrons. The lowest BCUT2D eigenvalue weighted by Crippen LogP contribution is -2.09. The van der Waals surface area contributed by atoms with Crippen LogP contribution in [-0.2, 0) is 18.4 Å². The minimum absolute atomic E-state index is 0.235. The Morgan fingerprint density at radius 3 is 2.46 bits per heavy atom. The molecule has 0 fully saturated rings. The van der Waals surface area contributed by atoms with Crippen molar-refractivity contribution in [3.8, 4) is 0 Å². The van der Waals surface area contributed by atoms with Crippen molar-refractivity contribution in [2.75, 3.05) is 6.61 Å². The van der Waals surface area contributed by atoms with E-state index in [0.29, 0.717) is 5.92 Å². The van der Waals surface area contributed by atoms with Crippen LogP contribution in [0.2, 0.25) is 0 Å². The maximum atomic E-state index is 11.1. The van der Waals surface area contributed by atoms with E-state index < -0.39 is 13.7 Å². The van der Waals surface area contributed by atoms with E-state index >= 15 is 0 Å². The zero-order chi connectivity index (χ0) is 10.5. The van der Waals surface area contributed by atoms with Gasteiger partial charge in [-0.25, -0.2) is 10.1 Å². The molecule has 5 nitrogen and oxygen atoms in total. The van der Waals surface area contributed by atoms with Crippen LogP contribution in [0.25, 0.3) is 0 Å². The number of carbonyl (C=O) groups is 1. The third kappa shape index (κ3) is 7.96. The van der Waals surface area contributed by atoms with E-state index in [9.17, 15) is 9.36 Å². The fourth-order valence-corrected chi connectivity index (χ4v) is 1.39. The van der Waals surface area contributed by atoms with Crippen molar-refractivity contribution < 1.29 is 18.4 Å². The van der Waals surface area contributed by atoms with Crippen LogP contribution in [0.15, 0.2) is 0 Å². The van der Waals surface area contributed by atoms with Gasteiger partial charge in [0.25, 0.3) is 0 Å². The van der Waals surface area contributed by atoms with Gasteiger partial charge in [-0.15, -0.1) is 0 Å². The average molecular weight is 209 g/mol. The van der Waals surface area contributed by atoms with Gasteiger partial charge in [0.2, 0.25) is 0 Å². The van der Waals surface area contributed by atoms with Crippen molar-refractivity contribution in [3.05, 3.63) is 0 Å². The molecule has 0 aromatic carbocycles. The maximum Gasteiger partial charge on any atom is 0.458 e. The predicted molar refractivity (Wildman–Crippen MR) is 49.0 cm³/mol. The summed E-state index contributed by atoms with van der Waals surface area (Å²) >= 11 is 0. The molecule has 0 bridgehead atoms. The Morgan fingerprint density at radius 1 is 1.54 bits per heavy atom. The highest BCUT2D eigenvalue weighted by Gasteiger charge is 2.20. The molecule has 6 heteroatoms. The van der Waals surface area contributed by atoms with Crippen molar-refractivity contribution in [1.82, 2.24) is 0 Å². The highest BCUT2D eigenvalue weighted by atomic mass is 31.2. The van der Waals surface area contributed by atoms with Gasteiger partial charge in [0.15, 0.2) is 0 Å². The quantitative estimate of drug-likeness (QED) is 0.697. The van der Waals surface area contributed by atoms with E-state index in [2.05, 4.69) is 4.52 Å². The minimum atomic E-state index is -3.65. The summed E-state index contributed by atoms with van der Waals surface area (Å²) in [6.45, 7) is 5.36. The van der Waals surface area contributed by atoms with Gasteiger partial charge >= 0.3 is 13.7 Å². The Morgan fingerprint density at radius 2 is 2.08 bits per heavy atom. The molecule has 0 amide bonds. The molecule has 0 aliphatic carbocycles. The van der Waals surface area contributed by atoms with Gasteiger partial charge in [0.05, 0.1) is 6.61 Å². The molecule has 2 N–H and O–H groups in total. The number of carbonyl (C=O) groups excluding carboxylic acids is 1. The highest BCUT2D eigenvalue weighted by molar-refractivity contribution is 7.51. The highest BCUT2D eigenvalue weighted by Crippen LogP contribution is 2.39. The molecule has 0 aromatic heterocycles. The third-order valence-corrected chi connectivity index (χ3v) is 2.28. The van der Waals surface area contributed by atoms with Crippen molar-refractivity contribution in [1.29, 1.82) is 0 Å². The summed E-state index contributed by atoms with van der Waals surface area (Å²) in [5.74, 6) is -0.271. The molecule has 0 saturated heterocycles. The summed E-state index contributed by atoms with van der Waals surface area (Å²) in [7, 11) is -3.65. The van der Waals surface area contributed by atoms with Gasteiger partial charge < -0.3 is 4.52 Å². The van der Waals surface area contributed by atoms with Crippen LogP contribution in [0.3, 0.4) is 0 Å². The molecule has 1 unspecified atom stereocenters. The molecule has 0 saturated carbocycles. The summed E-state index contributed by atoms with van der Waals surface area (Å²) in [6, 6.07) is 0. The topological polar surface area (TPSA) is 78.6 Å². The predicted octanol–water partition coefficient (Wildman–Crippen LogP) is 1.68. The molecule has 0 aliphatic heterocycles. The maximum absolute atomic E-state index is 11.1. The van der Waals surface area contributed by atoms with Gasteiger partial charge in [0, 0.05) is 6.92 Å². The summed E-state index contributed by atoms with van der Waals surface area (Å²) in [5, 5.41) is 0. The van der Waals surface area contributed by atoms with E-state index in [1.807, 2.05) is 13.8 Å². The Labute approximate surface area is 78.2 Å². The average Bonchev–Trinajstić information content (AvgIpc) is 1.81. The van der Waals surface area contributed by atoms with Crippen molar-refractivity contribution in [2.24, 2.45) is 11.4 Å². The summed E-state index contributed by atoms with van der Waals surface area (Å²) in [4.78, 5) is 10.4. The second-order valence-corrected chi connectivity index (χ2v) is 4.66. The van der Waals surface area contributed by atoms with E-state index in [0.717, 1.165) is 13.3 Å². The van der Waals surface area contributed by atoms with Crippen LogP contribution in [0.5, 0.6) is 0 Å². The second kappa shape index (κ2) is 5.37. The molecule has 13 heavy (non-hydrogen) atoms. The lowest BCUT2D eigenvalue weighted by molar-refractivity contribution is -0.132. The Bertz CT molecular complexity index is 217. The van der Waals surface area contributed by atoms with Crippen LogP contribution >= 0.6 is 7.75 Å². The lowest BCUT2D eigenvalue weighted by atomic mass is 10.2. The number of rotatable bonds is 5. The van der Waals surface area contributed by atoms with E-state index in [1.165, 1.54) is 0 Å². The van der Waals surface area contributed by atoms with E-state index in [4.69, 9.17) is 10.0 Å². The molecule has 1 atom stereocenters. The van der Waals surface area contributed by atoms with Gasteiger partial charge in [-0.1, -0.05) is 13.8 Å². The summed E-state index contributed by atoms with van der Waals surface area (Å²) in [5.41, 5.74) is 5.09. The van der Waals surface area contributed by atoms with Crippen molar-refractivity contribution in [2.45, 2.75) is 27.2 Å². The molecule has 0 heterocycles. The minimum Gasteiger partial charge on any atom is -0.380 e. The smallest absolute Gasteiger partial charge is 0.380 e. The monoisotopic (exact) mass is 209 g/mol. The van der Waals surface area contributed by atoms with Crippen LogP contribution < -0.4 is 5.50 Å². The first-order valence-electron chi connectivity index (χ1n) is 4.07. The molecular weight excluding hydrogens is 193 g/mol. The molecule has 0 aromatic rings. The largest absolute Gasteiger partial charge is 0.458 e. The zero-order valence-electron chi connectivity index (χ0n) is 8.15. The van der Waals surface area contributed by atoms with Gasteiger partial charge in [-0.05, 0) is 12.3 Å². The normalized spacial score (nSPS) is 15.5. The summed E-state index contributed by atoms with van der Waals surface area (Å²) in [6.07, 6.45) is 0.725. The molecule has 0 aliphatic rings. The van der Waals surface area contributed by atoms with E-state index in [1.54, 1.807) is 0 Å². The first kappa shape index (κ1) is 12.6. The fraction of sp³-hybridized carbons (Fsp3) is 0.857. The molecular formula is C7H16NO4P. The van der Waals surface area contributed by atoms with Crippen LogP contribution in [0.4, 0.5) is 0 Å². The Hall–Kier alpha value is -0.380. The van der Waals surface area contributed by atoms with Crippen LogP contribution in [0, 0.1) is 5.92 Å². The Balaban J connectivity index is 3.76. The van der Waals surface area contributed by atoms with E-state index in [-0.39, 0.29) is 6.61 Å². The second-order valence-electron chi connectivity index (χ2n) is 3.14. The van der Waals surface area contributed by atoms with Crippen molar-refractivity contribution in [3.63, 3.8) is 0 Å². The van der Waals surface area contributed by atoms with Crippen LogP contribution in [-0.4, -0.2) is 12.6 Å². The first-order valence-corrected chi connectivity index (χ1v) is 5.68. The number of nitrogens with two attached hydrogens (primary N) is 1. The SMILES string of the molecule is CC(=O)OP(N)(=O)OCCC(C)C. The zero-order valence-corrected chi connectivity index (χ0v) is 9.04. The third-order valence-electron chi connectivity index (χ3n) is 1.22. The molecule has 0 rings (SSSR count). The first-order chi connectivity index (χ1) is 5.83. The molecule has 78 valence electrons. The summed E-state index contributed by atoms with van der Waals surface area (Å²) < 4.78 is 20.2. The number of hydrogen-bond donors (Lipinski definition) is 1. The van der Waals surface area contributed by atoms with Crippen LogP contribution in [0.1, 0.15) is 27.2 Å². The number of hydrogen-bond acceptors (Lipinski definition) is 4. The van der Waals surface area contributed by atoms with Gasteiger partial charge in [-0.2, -0.15) is 0 Å².